The van der Waals surface area contributed by atoms with Gasteiger partial charge in [0.05, 0.1) is 5.69 Å². The van der Waals surface area contributed by atoms with Gasteiger partial charge in [-0.25, -0.2) is 4.98 Å². The molecule has 0 bridgehead atoms. The molecule has 3 aromatic rings. The summed E-state index contributed by atoms with van der Waals surface area (Å²) in [5.41, 5.74) is 9.52. The molecule has 0 unspecified atom stereocenters. The quantitative estimate of drug-likeness (QED) is 0.772. The maximum Gasteiger partial charge on any atom is 0.226 e. The Bertz CT molecular complexity index is 832. The lowest BCUT2D eigenvalue weighted by molar-refractivity contribution is 0.319. The molecule has 4 rings (SSSR count). The second kappa shape index (κ2) is 7.00. The van der Waals surface area contributed by atoms with Crippen LogP contribution in [0, 0.1) is 0 Å². The molecule has 1 aliphatic heterocycles. The summed E-state index contributed by atoms with van der Waals surface area (Å²) in [5, 5.41) is 0.702. The van der Waals surface area contributed by atoms with E-state index in [9.17, 15) is 0 Å². The van der Waals surface area contributed by atoms with Gasteiger partial charge in [-0.2, -0.15) is 0 Å². The van der Waals surface area contributed by atoms with E-state index in [0.717, 1.165) is 30.9 Å². The SMILES string of the molecule is N[C@@H]1CN(Cc2coc(-c3ccc(Cl)cc3)n2)C[C@H]1c1ccccc1. The van der Waals surface area contributed by atoms with E-state index < -0.39 is 0 Å². The summed E-state index contributed by atoms with van der Waals surface area (Å²) in [5.74, 6) is 0.985. The highest BCUT2D eigenvalue weighted by Crippen LogP contribution is 2.28. The van der Waals surface area contributed by atoms with E-state index in [1.54, 1.807) is 6.26 Å². The van der Waals surface area contributed by atoms with Crippen LogP contribution in [-0.4, -0.2) is 29.0 Å². The van der Waals surface area contributed by atoms with Crippen LogP contribution in [0.15, 0.2) is 65.3 Å². The predicted octanol–water partition coefficient (Wildman–Crippen LogP) is 3.92. The molecule has 4 nitrogen and oxygen atoms in total. The zero-order chi connectivity index (χ0) is 17.2. The lowest BCUT2D eigenvalue weighted by Gasteiger charge is -2.14. The lowest BCUT2D eigenvalue weighted by Crippen LogP contribution is -2.28. The minimum absolute atomic E-state index is 0.144. The summed E-state index contributed by atoms with van der Waals surface area (Å²) in [6.45, 7) is 2.55. The van der Waals surface area contributed by atoms with Gasteiger partial charge in [0.1, 0.15) is 6.26 Å². The molecule has 5 heteroatoms. The number of halogens is 1. The lowest BCUT2D eigenvalue weighted by atomic mass is 9.95. The summed E-state index contributed by atoms with van der Waals surface area (Å²) < 4.78 is 5.63. The standard InChI is InChI=1S/C20H20ClN3O/c21-16-8-6-15(7-9-16)20-23-17(13-25-20)10-24-11-18(19(22)12-24)14-4-2-1-3-5-14/h1-9,13,18-19H,10-12,22H2/t18-,19+/m0/s1. The smallest absolute Gasteiger partial charge is 0.226 e. The van der Waals surface area contributed by atoms with Crippen LogP contribution in [0.2, 0.25) is 5.02 Å². The van der Waals surface area contributed by atoms with Crippen LogP contribution in [0.5, 0.6) is 0 Å². The molecule has 1 aliphatic rings. The van der Waals surface area contributed by atoms with Gasteiger partial charge in [-0.1, -0.05) is 41.9 Å². The molecule has 0 spiro atoms. The van der Waals surface area contributed by atoms with E-state index in [2.05, 4.69) is 34.1 Å². The van der Waals surface area contributed by atoms with Crippen LogP contribution in [0.4, 0.5) is 0 Å². The summed E-state index contributed by atoms with van der Waals surface area (Å²) in [4.78, 5) is 6.94. The number of likely N-dealkylation sites (tertiary alicyclic amines) is 1. The zero-order valence-electron chi connectivity index (χ0n) is 13.8. The Labute approximate surface area is 152 Å². The van der Waals surface area contributed by atoms with Gasteiger partial charge in [0.15, 0.2) is 0 Å². The molecule has 2 heterocycles. The van der Waals surface area contributed by atoms with Crippen LogP contribution in [-0.2, 0) is 6.54 Å². The Balaban J connectivity index is 1.44. The number of aromatic nitrogens is 1. The number of nitrogens with zero attached hydrogens (tertiary/aromatic N) is 2. The van der Waals surface area contributed by atoms with Gasteiger partial charge in [-0.3, -0.25) is 4.90 Å². The first kappa shape index (κ1) is 16.3. The summed E-state index contributed by atoms with van der Waals surface area (Å²) in [6, 6.07) is 18.1. The number of oxazole rings is 1. The molecule has 1 saturated heterocycles. The molecule has 128 valence electrons. The summed E-state index contributed by atoms with van der Waals surface area (Å²) in [7, 11) is 0. The van der Waals surface area contributed by atoms with Crippen molar-refractivity contribution in [2.45, 2.75) is 18.5 Å². The molecule has 0 aliphatic carbocycles. The molecule has 2 N–H and O–H groups in total. The van der Waals surface area contributed by atoms with E-state index >= 15 is 0 Å². The molecule has 0 saturated carbocycles. The fraction of sp³-hybridized carbons (Fsp3) is 0.250. The molecule has 0 amide bonds. The van der Waals surface area contributed by atoms with Gasteiger partial charge in [0.2, 0.25) is 5.89 Å². The van der Waals surface area contributed by atoms with Crippen LogP contribution < -0.4 is 5.73 Å². The molecular formula is C20H20ClN3O. The molecule has 2 aromatic carbocycles. The molecule has 2 atom stereocenters. The van der Waals surface area contributed by atoms with Crippen molar-refractivity contribution in [3.05, 3.63) is 77.1 Å². The van der Waals surface area contributed by atoms with Gasteiger partial charge in [-0.15, -0.1) is 0 Å². The first-order valence-electron chi connectivity index (χ1n) is 8.42. The third-order valence-electron chi connectivity index (χ3n) is 4.70. The molecular weight excluding hydrogens is 334 g/mol. The van der Waals surface area contributed by atoms with Crippen LogP contribution in [0.3, 0.4) is 0 Å². The molecule has 1 fully saturated rings. The van der Waals surface area contributed by atoms with Gasteiger partial charge in [0.25, 0.3) is 0 Å². The Morgan fingerprint density at radius 3 is 2.60 bits per heavy atom. The van der Waals surface area contributed by atoms with Crippen molar-refractivity contribution in [1.29, 1.82) is 0 Å². The van der Waals surface area contributed by atoms with E-state index in [4.69, 9.17) is 21.8 Å². The fourth-order valence-corrected chi connectivity index (χ4v) is 3.56. The van der Waals surface area contributed by atoms with Crippen LogP contribution in [0.25, 0.3) is 11.5 Å². The highest BCUT2D eigenvalue weighted by atomic mass is 35.5. The number of nitrogens with two attached hydrogens (primary N) is 1. The maximum atomic E-state index is 6.37. The average Bonchev–Trinajstić information content (AvgIpc) is 3.23. The van der Waals surface area contributed by atoms with E-state index in [0.29, 0.717) is 16.8 Å². The highest BCUT2D eigenvalue weighted by Gasteiger charge is 2.31. The normalized spacial score (nSPS) is 20.9. The van der Waals surface area contributed by atoms with Crippen molar-refractivity contribution in [3.8, 4) is 11.5 Å². The minimum atomic E-state index is 0.144. The Morgan fingerprint density at radius 1 is 1.08 bits per heavy atom. The Morgan fingerprint density at radius 2 is 1.84 bits per heavy atom. The van der Waals surface area contributed by atoms with Crippen LogP contribution >= 0.6 is 11.6 Å². The number of rotatable bonds is 4. The van der Waals surface area contributed by atoms with E-state index in [1.165, 1.54) is 5.56 Å². The first-order chi connectivity index (χ1) is 12.2. The van der Waals surface area contributed by atoms with Crippen molar-refractivity contribution in [3.63, 3.8) is 0 Å². The second-order valence-corrected chi connectivity index (χ2v) is 6.96. The van der Waals surface area contributed by atoms with Crippen molar-refractivity contribution in [1.82, 2.24) is 9.88 Å². The van der Waals surface area contributed by atoms with Gasteiger partial charge >= 0.3 is 0 Å². The van der Waals surface area contributed by atoms with Crippen molar-refractivity contribution in [2.75, 3.05) is 13.1 Å². The van der Waals surface area contributed by atoms with Crippen molar-refractivity contribution in [2.24, 2.45) is 5.73 Å². The average molecular weight is 354 g/mol. The third kappa shape index (κ3) is 3.61. The highest BCUT2D eigenvalue weighted by molar-refractivity contribution is 6.30. The van der Waals surface area contributed by atoms with Gasteiger partial charge in [0, 0.05) is 42.2 Å². The maximum absolute atomic E-state index is 6.37. The van der Waals surface area contributed by atoms with Gasteiger partial charge < -0.3 is 10.2 Å². The first-order valence-corrected chi connectivity index (χ1v) is 8.80. The minimum Gasteiger partial charge on any atom is -0.444 e. The van der Waals surface area contributed by atoms with Crippen molar-refractivity contribution >= 4 is 11.6 Å². The zero-order valence-corrected chi connectivity index (χ0v) is 14.6. The Kier molecular flexibility index (Phi) is 4.57. The number of benzene rings is 2. The second-order valence-electron chi connectivity index (χ2n) is 6.53. The number of hydrogen-bond acceptors (Lipinski definition) is 4. The van der Waals surface area contributed by atoms with Crippen LogP contribution in [0.1, 0.15) is 17.2 Å². The third-order valence-corrected chi connectivity index (χ3v) is 4.95. The number of hydrogen-bond donors (Lipinski definition) is 1. The topological polar surface area (TPSA) is 55.3 Å². The van der Waals surface area contributed by atoms with Gasteiger partial charge in [-0.05, 0) is 29.8 Å². The summed E-state index contributed by atoms with van der Waals surface area (Å²) >= 11 is 5.93. The summed E-state index contributed by atoms with van der Waals surface area (Å²) in [6.07, 6.45) is 1.73. The van der Waals surface area contributed by atoms with E-state index in [-0.39, 0.29) is 6.04 Å². The monoisotopic (exact) mass is 353 g/mol. The van der Waals surface area contributed by atoms with Crippen molar-refractivity contribution < 1.29 is 4.42 Å². The molecule has 1 aromatic heterocycles. The van der Waals surface area contributed by atoms with E-state index in [1.807, 2.05) is 30.3 Å². The molecule has 0 radical (unpaired) electrons. The fourth-order valence-electron chi connectivity index (χ4n) is 3.43. The largest absolute Gasteiger partial charge is 0.444 e. The predicted molar refractivity (Wildman–Crippen MR) is 99.4 cm³/mol. The Hall–Kier alpha value is -2.14. The molecule has 25 heavy (non-hydrogen) atoms.